The monoisotopic (exact) mass is 406 g/mol. The number of thiophene rings is 1. The SMILES string of the molecule is CCCSc1ccc(N)c(NS(=O)(=O)c2ccc(Br)s2)c1. The Morgan fingerprint density at radius 2 is 2.10 bits per heavy atom. The average Bonchev–Trinajstić information content (AvgIpc) is 2.87. The lowest BCUT2D eigenvalue weighted by Gasteiger charge is -2.11. The van der Waals surface area contributed by atoms with Crippen LogP contribution in [-0.4, -0.2) is 14.2 Å². The number of anilines is 2. The number of thioether (sulfide) groups is 1. The minimum absolute atomic E-state index is 0.250. The van der Waals surface area contributed by atoms with Crippen molar-refractivity contribution in [3.05, 3.63) is 34.1 Å². The van der Waals surface area contributed by atoms with Crippen LogP contribution in [0.2, 0.25) is 0 Å². The predicted molar refractivity (Wildman–Crippen MR) is 94.7 cm³/mol. The van der Waals surface area contributed by atoms with Crippen molar-refractivity contribution in [1.82, 2.24) is 0 Å². The van der Waals surface area contributed by atoms with Crippen molar-refractivity contribution in [2.24, 2.45) is 0 Å². The maximum Gasteiger partial charge on any atom is 0.271 e. The maximum atomic E-state index is 12.3. The van der Waals surface area contributed by atoms with Gasteiger partial charge in [0.15, 0.2) is 0 Å². The Kier molecular flexibility index (Phi) is 5.59. The number of nitrogen functional groups attached to an aromatic ring is 1. The molecule has 1 aromatic carbocycles. The van der Waals surface area contributed by atoms with Gasteiger partial charge < -0.3 is 5.73 Å². The van der Waals surface area contributed by atoms with Crippen LogP contribution in [-0.2, 0) is 10.0 Å². The summed E-state index contributed by atoms with van der Waals surface area (Å²) in [7, 11) is -3.60. The highest BCUT2D eigenvalue weighted by Crippen LogP contribution is 2.31. The fourth-order valence-electron chi connectivity index (χ4n) is 1.57. The van der Waals surface area contributed by atoms with Gasteiger partial charge in [-0.25, -0.2) is 8.42 Å². The van der Waals surface area contributed by atoms with Crippen molar-refractivity contribution in [1.29, 1.82) is 0 Å². The van der Waals surface area contributed by atoms with E-state index in [2.05, 4.69) is 27.6 Å². The Morgan fingerprint density at radius 3 is 2.71 bits per heavy atom. The Bertz CT molecular complexity index is 729. The Morgan fingerprint density at radius 1 is 1.33 bits per heavy atom. The van der Waals surface area contributed by atoms with Crippen LogP contribution in [0, 0.1) is 0 Å². The second kappa shape index (κ2) is 7.04. The summed E-state index contributed by atoms with van der Waals surface area (Å²) in [5, 5.41) is 0. The molecule has 4 nitrogen and oxygen atoms in total. The summed E-state index contributed by atoms with van der Waals surface area (Å²) >= 11 is 6.09. The van der Waals surface area contributed by atoms with Crippen molar-refractivity contribution < 1.29 is 8.42 Å². The van der Waals surface area contributed by atoms with E-state index in [0.29, 0.717) is 11.4 Å². The quantitative estimate of drug-likeness (QED) is 0.550. The third-order valence-electron chi connectivity index (χ3n) is 2.56. The topological polar surface area (TPSA) is 72.2 Å². The Labute approximate surface area is 141 Å². The molecule has 21 heavy (non-hydrogen) atoms. The van der Waals surface area contributed by atoms with E-state index in [-0.39, 0.29) is 4.21 Å². The Hall–Kier alpha value is -0.700. The summed E-state index contributed by atoms with van der Waals surface area (Å²) in [6.07, 6.45) is 1.05. The normalized spacial score (nSPS) is 11.5. The van der Waals surface area contributed by atoms with Gasteiger partial charge in [-0.15, -0.1) is 23.1 Å². The molecule has 1 aromatic heterocycles. The van der Waals surface area contributed by atoms with Gasteiger partial charge in [-0.3, -0.25) is 4.72 Å². The molecular formula is C13H15BrN2O2S3. The van der Waals surface area contributed by atoms with Gasteiger partial charge in [-0.05, 0) is 58.4 Å². The van der Waals surface area contributed by atoms with Gasteiger partial charge in [0, 0.05) is 4.90 Å². The minimum atomic E-state index is -3.60. The number of hydrogen-bond donors (Lipinski definition) is 2. The molecule has 0 aliphatic heterocycles. The lowest BCUT2D eigenvalue weighted by atomic mass is 10.3. The molecule has 0 unspecified atom stereocenters. The summed E-state index contributed by atoms with van der Waals surface area (Å²) in [5.74, 6) is 0.980. The van der Waals surface area contributed by atoms with E-state index in [1.807, 2.05) is 6.07 Å². The van der Waals surface area contributed by atoms with E-state index in [9.17, 15) is 8.42 Å². The summed E-state index contributed by atoms with van der Waals surface area (Å²) in [6, 6.07) is 8.66. The van der Waals surface area contributed by atoms with Crippen LogP contribution < -0.4 is 10.5 Å². The van der Waals surface area contributed by atoms with Crippen LogP contribution in [0.15, 0.2) is 43.2 Å². The van der Waals surface area contributed by atoms with Crippen molar-refractivity contribution in [2.75, 3.05) is 16.2 Å². The molecule has 0 spiro atoms. The van der Waals surface area contributed by atoms with Gasteiger partial charge >= 0.3 is 0 Å². The third kappa shape index (κ3) is 4.38. The first-order valence-electron chi connectivity index (χ1n) is 6.23. The van der Waals surface area contributed by atoms with Crippen LogP contribution in [0.4, 0.5) is 11.4 Å². The van der Waals surface area contributed by atoms with Crippen LogP contribution >= 0.6 is 39.0 Å². The molecule has 0 saturated carbocycles. The zero-order valence-corrected chi connectivity index (χ0v) is 15.3. The molecule has 0 amide bonds. The standard InChI is InChI=1S/C13H15BrN2O2S3/c1-2-7-19-9-3-4-10(15)11(8-9)16-21(17,18)13-6-5-12(14)20-13/h3-6,8,16H,2,7,15H2,1H3. The largest absolute Gasteiger partial charge is 0.397 e. The molecule has 2 rings (SSSR count). The van der Waals surface area contributed by atoms with Gasteiger partial charge in [0.25, 0.3) is 10.0 Å². The molecular weight excluding hydrogens is 392 g/mol. The molecule has 0 radical (unpaired) electrons. The molecule has 1 heterocycles. The minimum Gasteiger partial charge on any atom is -0.397 e. The van der Waals surface area contributed by atoms with Gasteiger partial charge in [0.1, 0.15) is 4.21 Å². The number of nitrogens with two attached hydrogens (primary N) is 1. The predicted octanol–water partition coefficient (Wildman–Crippen LogP) is 4.40. The molecule has 114 valence electrons. The average molecular weight is 407 g/mol. The van der Waals surface area contributed by atoms with Crippen molar-refractivity contribution in [3.63, 3.8) is 0 Å². The smallest absolute Gasteiger partial charge is 0.271 e. The highest BCUT2D eigenvalue weighted by atomic mass is 79.9. The van der Waals surface area contributed by atoms with Gasteiger partial charge in [0.2, 0.25) is 0 Å². The Balaban J connectivity index is 2.26. The van der Waals surface area contributed by atoms with Crippen LogP contribution in [0.3, 0.4) is 0 Å². The fourth-order valence-corrected chi connectivity index (χ4v) is 5.46. The van der Waals surface area contributed by atoms with Gasteiger partial charge in [0.05, 0.1) is 15.2 Å². The molecule has 0 fully saturated rings. The van der Waals surface area contributed by atoms with E-state index in [1.165, 1.54) is 0 Å². The second-order valence-electron chi connectivity index (χ2n) is 4.26. The first-order valence-corrected chi connectivity index (χ1v) is 10.3. The van der Waals surface area contributed by atoms with Crippen LogP contribution in [0.1, 0.15) is 13.3 Å². The molecule has 0 saturated heterocycles. The molecule has 0 aliphatic carbocycles. The van der Waals surface area contributed by atoms with Crippen molar-refractivity contribution in [2.45, 2.75) is 22.4 Å². The molecule has 8 heteroatoms. The lowest BCUT2D eigenvalue weighted by Crippen LogP contribution is -2.12. The number of sulfonamides is 1. The third-order valence-corrected chi connectivity index (χ3v) is 7.24. The summed E-state index contributed by atoms with van der Waals surface area (Å²) in [5.41, 5.74) is 6.70. The van der Waals surface area contributed by atoms with E-state index >= 15 is 0 Å². The summed E-state index contributed by atoms with van der Waals surface area (Å²) < 4.78 is 28.2. The van der Waals surface area contributed by atoms with E-state index in [0.717, 1.165) is 32.2 Å². The van der Waals surface area contributed by atoms with Crippen molar-refractivity contribution in [3.8, 4) is 0 Å². The first-order chi connectivity index (χ1) is 9.92. The maximum absolute atomic E-state index is 12.3. The lowest BCUT2D eigenvalue weighted by molar-refractivity contribution is 0.603. The number of nitrogens with one attached hydrogen (secondary N) is 1. The van der Waals surface area contributed by atoms with Crippen LogP contribution in [0.5, 0.6) is 0 Å². The highest BCUT2D eigenvalue weighted by Gasteiger charge is 2.18. The summed E-state index contributed by atoms with van der Waals surface area (Å²) in [6.45, 7) is 2.10. The molecule has 0 bridgehead atoms. The number of hydrogen-bond acceptors (Lipinski definition) is 5. The van der Waals surface area contributed by atoms with E-state index < -0.39 is 10.0 Å². The molecule has 2 aromatic rings. The molecule has 0 aliphatic rings. The first kappa shape index (κ1) is 16.7. The molecule has 3 N–H and O–H groups in total. The number of halogens is 1. The number of rotatable bonds is 6. The fraction of sp³-hybridized carbons (Fsp3) is 0.231. The van der Waals surface area contributed by atoms with Gasteiger partial charge in [-0.2, -0.15) is 0 Å². The van der Waals surface area contributed by atoms with E-state index in [4.69, 9.17) is 5.73 Å². The van der Waals surface area contributed by atoms with Gasteiger partial charge in [-0.1, -0.05) is 6.92 Å². The second-order valence-corrected chi connectivity index (χ2v) is 9.80. The summed E-state index contributed by atoms with van der Waals surface area (Å²) in [4.78, 5) is 0.996. The number of benzene rings is 1. The zero-order chi connectivity index (χ0) is 15.5. The van der Waals surface area contributed by atoms with Crippen LogP contribution in [0.25, 0.3) is 0 Å². The van der Waals surface area contributed by atoms with Crippen molar-refractivity contribution >= 4 is 60.4 Å². The van der Waals surface area contributed by atoms with E-state index in [1.54, 1.807) is 36.0 Å². The highest BCUT2D eigenvalue weighted by molar-refractivity contribution is 9.11. The zero-order valence-electron chi connectivity index (χ0n) is 11.3. The molecule has 0 atom stereocenters.